The lowest BCUT2D eigenvalue weighted by molar-refractivity contribution is -0.0238. The fourth-order valence-corrected chi connectivity index (χ4v) is 4.49. The largest absolute Gasteiger partial charge is 0.487 e. The van der Waals surface area contributed by atoms with Gasteiger partial charge in [0.1, 0.15) is 28.7 Å². The second kappa shape index (κ2) is 9.98. The van der Waals surface area contributed by atoms with Crippen molar-refractivity contribution in [1.29, 1.82) is 0 Å². The lowest BCUT2D eigenvalue weighted by Crippen LogP contribution is -2.39. The van der Waals surface area contributed by atoms with E-state index in [4.69, 9.17) is 19.4 Å². The van der Waals surface area contributed by atoms with Crippen LogP contribution in [0.4, 0.5) is 14.6 Å². The molecule has 1 saturated heterocycles. The topological polar surface area (TPSA) is 98.4 Å². The molecule has 1 N–H and O–H groups in total. The van der Waals surface area contributed by atoms with E-state index in [1.54, 1.807) is 30.1 Å². The Bertz CT molecular complexity index is 1420. The second-order valence-electron chi connectivity index (χ2n) is 9.44. The predicted molar refractivity (Wildman–Crippen MR) is 133 cm³/mol. The SMILES string of the molecule is COCC(C)(O)c1cc2nc(-c3cnn(C)c3)c(N3CCC(Oc4ccc(F)cc4F)CC3)nc2cn1. The number of halogens is 2. The van der Waals surface area contributed by atoms with Gasteiger partial charge < -0.3 is 19.5 Å². The fraction of sp³-hybridized carbons (Fsp3) is 0.385. The quantitative estimate of drug-likeness (QED) is 0.403. The van der Waals surface area contributed by atoms with Crippen LogP contribution in [0.5, 0.6) is 5.75 Å². The molecule has 4 heterocycles. The second-order valence-corrected chi connectivity index (χ2v) is 9.44. The van der Waals surface area contributed by atoms with Crippen molar-refractivity contribution < 1.29 is 23.4 Å². The van der Waals surface area contributed by atoms with Gasteiger partial charge in [-0.15, -0.1) is 0 Å². The Morgan fingerprint density at radius 2 is 1.89 bits per heavy atom. The Balaban J connectivity index is 1.44. The highest BCUT2D eigenvalue weighted by atomic mass is 19.1. The number of aryl methyl sites for hydroxylation is 1. The zero-order valence-electron chi connectivity index (χ0n) is 20.9. The minimum Gasteiger partial charge on any atom is -0.487 e. The highest BCUT2D eigenvalue weighted by molar-refractivity contribution is 5.83. The third-order valence-corrected chi connectivity index (χ3v) is 6.42. The molecule has 1 unspecified atom stereocenters. The molecule has 0 spiro atoms. The molecule has 9 nitrogen and oxygen atoms in total. The highest BCUT2D eigenvalue weighted by Gasteiger charge is 2.28. The summed E-state index contributed by atoms with van der Waals surface area (Å²) in [6, 6.07) is 5.05. The van der Waals surface area contributed by atoms with Crippen LogP contribution in [-0.2, 0) is 17.4 Å². The molecule has 1 aliphatic rings. The third-order valence-electron chi connectivity index (χ3n) is 6.42. The van der Waals surface area contributed by atoms with E-state index >= 15 is 0 Å². The molecule has 0 radical (unpaired) electrons. The van der Waals surface area contributed by atoms with Crippen LogP contribution in [0.3, 0.4) is 0 Å². The van der Waals surface area contributed by atoms with Crippen LogP contribution in [-0.4, -0.2) is 62.7 Å². The first-order valence-electron chi connectivity index (χ1n) is 12.0. The maximum Gasteiger partial charge on any atom is 0.167 e. The minimum atomic E-state index is -1.27. The molecule has 0 amide bonds. The molecule has 0 bridgehead atoms. The number of hydrogen-bond donors (Lipinski definition) is 1. The van der Waals surface area contributed by atoms with Gasteiger partial charge in [-0.1, -0.05) is 0 Å². The summed E-state index contributed by atoms with van der Waals surface area (Å²) in [4.78, 5) is 16.3. The molecule has 0 aliphatic carbocycles. The van der Waals surface area contributed by atoms with E-state index in [2.05, 4.69) is 15.0 Å². The van der Waals surface area contributed by atoms with Crippen molar-refractivity contribution in [3.05, 3.63) is 60.2 Å². The summed E-state index contributed by atoms with van der Waals surface area (Å²) in [6.07, 6.45) is 6.25. The lowest BCUT2D eigenvalue weighted by Gasteiger charge is -2.33. The number of ether oxygens (including phenoxy) is 2. The van der Waals surface area contributed by atoms with Crippen LogP contribution in [0.15, 0.2) is 42.9 Å². The smallest absolute Gasteiger partial charge is 0.167 e. The Morgan fingerprint density at radius 1 is 1.11 bits per heavy atom. The first-order chi connectivity index (χ1) is 17.7. The van der Waals surface area contributed by atoms with Crippen LogP contribution < -0.4 is 9.64 Å². The van der Waals surface area contributed by atoms with E-state index in [0.29, 0.717) is 54.2 Å². The number of anilines is 1. The molecule has 37 heavy (non-hydrogen) atoms. The van der Waals surface area contributed by atoms with Crippen molar-refractivity contribution in [2.45, 2.75) is 31.5 Å². The first kappa shape index (κ1) is 25.0. The van der Waals surface area contributed by atoms with Gasteiger partial charge in [-0.2, -0.15) is 5.10 Å². The monoisotopic (exact) mass is 510 g/mol. The number of piperidine rings is 1. The van der Waals surface area contributed by atoms with Crippen molar-refractivity contribution in [2.75, 3.05) is 31.7 Å². The summed E-state index contributed by atoms with van der Waals surface area (Å²) < 4.78 is 39.9. The summed E-state index contributed by atoms with van der Waals surface area (Å²) in [5, 5.41) is 15.0. The van der Waals surface area contributed by atoms with Gasteiger partial charge >= 0.3 is 0 Å². The van der Waals surface area contributed by atoms with E-state index in [-0.39, 0.29) is 18.5 Å². The molecule has 1 aliphatic heterocycles. The van der Waals surface area contributed by atoms with E-state index < -0.39 is 17.2 Å². The maximum atomic E-state index is 14.1. The number of hydrogen-bond acceptors (Lipinski definition) is 8. The maximum absolute atomic E-state index is 14.1. The lowest BCUT2D eigenvalue weighted by atomic mass is 10.0. The number of pyridine rings is 1. The van der Waals surface area contributed by atoms with E-state index in [0.717, 1.165) is 11.6 Å². The molecule has 1 aromatic carbocycles. The van der Waals surface area contributed by atoms with Gasteiger partial charge in [-0.3, -0.25) is 9.67 Å². The summed E-state index contributed by atoms with van der Waals surface area (Å²) >= 11 is 0. The Morgan fingerprint density at radius 3 is 2.57 bits per heavy atom. The van der Waals surface area contributed by atoms with Crippen molar-refractivity contribution >= 4 is 16.9 Å². The number of fused-ring (bicyclic) bond motifs is 1. The zero-order chi connectivity index (χ0) is 26.2. The van der Waals surface area contributed by atoms with Crippen LogP contribution in [0.1, 0.15) is 25.5 Å². The summed E-state index contributed by atoms with van der Waals surface area (Å²) in [7, 11) is 3.35. The molecule has 1 atom stereocenters. The predicted octanol–water partition coefficient (Wildman–Crippen LogP) is 3.61. The summed E-state index contributed by atoms with van der Waals surface area (Å²) in [6.45, 7) is 2.94. The minimum absolute atomic E-state index is 0.0487. The van der Waals surface area contributed by atoms with Crippen LogP contribution in [0.25, 0.3) is 22.3 Å². The van der Waals surface area contributed by atoms with Crippen molar-refractivity contribution in [2.24, 2.45) is 7.05 Å². The Kier molecular flexibility index (Phi) is 6.74. The van der Waals surface area contributed by atoms with Crippen LogP contribution in [0, 0.1) is 11.6 Å². The number of benzene rings is 1. The van der Waals surface area contributed by atoms with Gasteiger partial charge in [0.05, 0.1) is 30.2 Å². The molecule has 5 rings (SSSR count). The average Bonchev–Trinajstić information content (AvgIpc) is 3.31. The Hall–Kier alpha value is -3.70. The van der Waals surface area contributed by atoms with Gasteiger partial charge in [0.15, 0.2) is 17.4 Å². The number of nitrogens with zero attached hydrogens (tertiary/aromatic N) is 6. The van der Waals surface area contributed by atoms with E-state index in [1.807, 2.05) is 13.2 Å². The molecule has 11 heteroatoms. The van der Waals surface area contributed by atoms with Gasteiger partial charge in [0, 0.05) is 57.9 Å². The molecular formula is C26H28F2N6O3. The normalized spacial score (nSPS) is 16.2. The Labute approximate surface area is 212 Å². The molecular weight excluding hydrogens is 482 g/mol. The third kappa shape index (κ3) is 5.23. The van der Waals surface area contributed by atoms with Crippen molar-refractivity contribution in [1.82, 2.24) is 24.7 Å². The summed E-state index contributed by atoms with van der Waals surface area (Å²) in [5.41, 5.74) is 1.81. The zero-order valence-corrected chi connectivity index (χ0v) is 20.9. The molecule has 3 aromatic heterocycles. The number of aromatic nitrogens is 5. The number of methoxy groups -OCH3 is 1. The molecule has 4 aromatic rings. The highest BCUT2D eigenvalue weighted by Crippen LogP contribution is 2.33. The van der Waals surface area contributed by atoms with Gasteiger partial charge in [0.25, 0.3) is 0 Å². The van der Waals surface area contributed by atoms with E-state index in [9.17, 15) is 13.9 Å². The molecule has 0 saturated carbocycles. The summed E-state index contributed by atoms with van der Waals surface area (Å²) in [5.74, 6) is -0.614. The van der Waals surface area contributed by atoms with Gasteiger partial charge in [-0.05, 0) is 25.1 Å². The first-order valence-corrected chi connectivity index (χ1v) is 12.0. The van der Waals surface area contributed by atoms with Crippen LogP contribution in [0.2, 0.25) is 0 Å². The van der Waals surface area contributed by atoms with E-state index in [1.165, 1.54) is 19.2 Å². The van der Waals surface area contributed by atoms with Gasteiger partial charge in [-0.25, -0.2) is 18.7 Å². The fourth-order valence-electron chi connectivity index (χ4n) is 4.49. The molecule has 1 fully saturated rings. The number of aliphatic hydroxyl groups is 1. The van der Waals surface area contributed by atoms with Crippen molar-refractivity contribution in [3.8, 4) is 17.0 Å². The van der Waals surface area contributed by atoms with Gasteiger partial charge in [0.2, 0.25) is 0 Å². The standard InChI is InChI=1S/C26H28F2N6O3/c1-26(35,15-36-3)23-11-20-21(13-29-23)32-25(24(31-20)16-12-30-33(2)14-16)34-8-6-18(7-9-34)37-22-5-4-17(27)10-19(22)28/h4-5,10-14,18,35H,6-9,15H2,1-3H3. The molecule has 194 valence electrons. The van der Waals surface area contributed by atoms with Crippen LogP contribution >= 0.6 is 0 Å². The number of rotatable bonds is 7. The van der Waals surface area contributed by atoms with Crippen molar-refractivity contribution in [3.63, 3.8) is 0 Å². The average molecular weight is 511 g/mol.